The molecule has 4 nitrogen and oxygen atoms in total. The molecule has 2 rings (SSSR count). The van der Waals surface area contributed by atoms with Crippen LogP contribution in [0.25, 0.3) is 6.08 Å². The molecule has 112 valence electrons. The number of nitrogens with zero attached hydrogens (tertiary/aromatic N) is 1. The summed E-state index contributed by atoms with van der Waals surface area (Å²) in [5.41, 5.74) is 0. The van der Waals surface area contributed by atoms with Gasteiger partial charge in [-0.2, -0.15) is 0 Å². The molecule has 2 amide bonds. The van der Waals surface area contributed by atoms with Gasteiger partial charge in [0.15, 0.2) is 0 Å². The largest absolute Gasteiger partial charge is 0.355 e. The van der Waals surface area contributed by atoms with E-state index in [1.807, 2.05) is 23.6 Å². The summed E-state index contributed by atoms with van der Waals surface area (Å²) in [6, 6.07) is 3.87. The zero-order valence-corrected chi connectivity index (χ0v) is 14.1. The average molecular weight is 340 g/mol. The Kier molecular flexibility index (Phi) is 5.96. The number of thiocarbonyl (C=S) groups is 1. The quantitative estimate of drug-likeness (QED) is 0.491. The van der Waals surface area contributed by atoms with Crippen molar-refractivity contribution >= 4 is 57.5 Å². The Morgan fingerprint density at radius 2 is 2.33 bits per heavy atom. The van der Waals surface area contributed by atoms with E-state index in [0.29, 0.717) is 15.8 Å². The molecule has 7 heteroatoms. The molecular weight excluding hydrogens is 324 g/mol. The second kappa shape index (κ2) is 7.72. The van der Waals surface area contributed by atoms with Crippen LogP contribution in [-0.2, 0) is 9.59 Å². The first-order chi connectivity index (χ1) is 10.1. The van der Waals surface area contributed by atoms with E-state index in [0.717, 1.165) is 17.7 Å². The number of rotatable bonds is 6. The topological polar surface area (TPSA) is 49.4 Å². The lowest BCUT2D eigenvalue weighted by molar-refractivity contribution is -0.128. The Balaban J connectivity index is 1.97. The van der Waals surface area contributed by atoms with Crippen LogP contribution < -0.4 is 5.32 Å². The van der Waals surface area contributed by atoms with Crippen LogP contribution in [0.4, 0.5) is 0 Å². The first kappa shape index (κ1) is 16.2. The predicted octanol–water partition coefficient (Wildman–Crippen LogP) is 2.87. The van der Waals surface area contributed by atoms with Crippen LogP contribution in [0.1, 0.15) is 24.6 Å². The molecule has 1 aromatic rings. The number of thioether (sulfide) groups is 1. The Morgan fingerprint density at radius 3 is 3.00 bits per heavy atom. The van der Waals surface area contributed by atoms with Crippen LogP contribution in [-0.4, -0.2) is 34.1 Å². The summed E-state index contributed by atoms with van der Waals surface area (Å²) in [4.78, 5) is 27.0. The molecular formula is C14H16N2O2S3. The Morgan fingerprint density at radius 1 is 1.52 bits per heavy atom. The van der Waals surface area contributed by atoms with Crippen LogP contribution in [0.5, 0.6) is 0 Å². The van der Waals surface area contributed by atoms with Gasteiger partial charge in [0.05, 0.1) is 4.91 Å². The maximum atomic E-state index is 12.3. The number of thiophene rings is 1. The fourth-order valence-corrected chi connectivity index (χ4v) is 3.72. The zero-order chi connectivity index (χ0) is 15.2. The first-order valence-electron chi connectivity index (χ1n) is 6.67. The van der Waals surface area contributed by atoms with E-state index < -0.39 is 0 Å². The van der Waals surface area contributed by atoms with Crippen LogP contribution in [0, 0.1) is 0 Å². The maximum absolute atomic E-state index is 12.3. The Hall–Kier alpha value is -1.18. The van der Waals surface area contributed by atoms with E-state index in [-0.39, 0.29) is 18.4 Å². The summed E-state index contributed by atoms with van der Waals surface area (Å²) in [5.74, 6) is -0.360. The second-order valence-electron chi connectivity index (χ2n) is 4.49. The van der Waals surface area contributed by atoms with Crippen molar-refractivity contribution in [2.24, 2.45) is 0 Å². The molecule has 21 heavy (non-hydrogen) atoms. The molecule has 1 fully saturated rings. The molecule has 0 saturated carbocycles. The van der Waals surface area contributed by atoms with Crippen molar-refractivity contribution in [1.29, 1.82) is 0 Å². The lowest BCUT2D eigenvalue weighted by atomic mass is 10.3. The standard InChI is InChI=1S/C14H16N2O2S3/c1-2-3-6-15-12(17)9-16-13(18)11(21-14(16)19)8-10-5-4-7-20-10/h4-5,7-8H,2-3,6,9H2,1H3,(H,15,17). The van der Waals surface area contributed by atoms with Gasteiger partial charge in [0, 0.05) is 11.4 Å². The fraction of sp³-hybridized carbons (Fsp3) is 0.357. The van der Waals surface area contributed by atoms with Gasteiger partial charge >= 0.3 is 0 Å². The summed E-state index contributed by atoms with van der Waals surface area (Å²) >= 11 is 8.00. The van der Waals surface area contributed by atoms with Crippen LogP contribution in [0.15, 0.2) is 22.4 Å². The lowest BCUT2D eigenvalue weighted by Gasteiger charge is -2.13. The highest BCUT2D eigenvalue weighted by molar-refractivity contribution is 8.26. The third-order valence-electron chi connectivity index (χ3n) is 2.84. The highest BCUT2D eigenvalue weighted by Gasteiger charge is 2.33. The Labute approximate surface area is 137 Å². The molecule has 0 spiro atoms. The third-order valence-corrected chi connectivity index (χ3v) is 5.04. The number of hydrogen-bond donors (Lipinski definition) is 1. The van der Waals surface area contributed by atoms with Crippen LogP contribution in [0.3, 0.4) is 0 Å². The molecule has 0 atom stereocenters. The predicted molar refractivity (Wildman–Crippen MR) is 92.1 cm³/mol. The van der Waals surface area contributed by atoms with Gasteiger partial charge in [0.1, 0.15) is 10.9 Å². The number of carbonyl (C=O) groups excluding carboxylic acids is 2. The van der Waals surface area contributed by atoms with Crippen molar-refractivity contribution in [3.05, 3.63) is 27.3 Å². The molecule has 0 aliphatic carbocycles. The van der Waals surface area contributed by atoms with Crippen molar-refractivity contribution < 1.29 is 9.59 Å². The monoisotopic (exact) mass is 340 g/mol. The summed E-state index contributed by atoms with van der Waals surface area (Å²) in [6.45, 7) is 2.69. The summed E-state index contributed by atoms with van der Waals surface area (Å²) in [6.07, 6.45) is 3.77. The minimum absolute atomic E-state index is 0.00381. The van der Waals surface area contributed by atoms with Crippen molar-refractivity contribution in [2.45, 2.75) is 19.8 Å². The molecule has 1 saturated heterocycles. The highest BCUT2D eigenvalue weighted by Crippen LogP contribution is 2.32. The molecule has 1 aromatic heterocycles. The highest BCUT2D eigenvalue weighted by atomic mass is 32.2. The Bertz CT molecular complexity index is 567. The maximum Gasteiger partial charge on any atom is 0.266 e. The minimum atomic E-state index is -0.191. The number of nitrogens with one attached hydrogen (secondary N) is 1. The summed E-state index contributed by atoms with van der Waals surface area (Å²) in [7, 11) is 0. The second-order valence-corrected chi connectivity index (χ2v) is 7.14. The van der Waals surface area contributed by atoms with Gasteiger partial charge in [-0.3, -0.25) is 14.5 Å². The number of unbranched alkanes of at least 4 members (excludes halogenated alkanes) is 1. The molecule has 1 aliphatic rings. The molecule has 0 radical (unpaired) electrons. The van der Waals surface area contributed by atoms with Crippen molar-refractivity contribution in [3.63, 3.8) is 0 Å². The molecule has 1 aliphatic heterocycles. The van der Waals surface area contributed by atoms with Gasteiger partial charge in [-0.05, 0) is 23.9 Å². The smallest absolute Gasteiger partial charge is 0.266 e. The van der Waals surface area contributed by atoms with Crippen molar-refractivity contribution in [2.75, 3.05) is 13.1 Å². The van der Waals surface area contributed by atoms with E-state index in [2.05, 4.69) is 12.2 Å². The average Bonchev–Trinajstić information content (AvgIpc) is 3.04. The van der Waals surface area contributed by atoms with Gasteiger partial charge < -0.3 is 5.32 Å². The normalized spacial score (nSPS) is 16.8. The summed E-state index contributed by atoms with van der Waals surface area (Å²) in [5, 5.41) is 4.74. The third kappa shape index (κ3) is 4.39. The summed E-state index contributed by atoms with van der Waals surface area (Å²) < 4.78 is 0.438. The van der Waals surface area contributed by atoms with Gasteiger partial charge in [-0.15, -0.1) is 11.3 Å². The van der Waals surface area contributed by atoms with E-state index in [1.54, 1.807) is 11.3 Å². The van der Waals surface area contributed by atoms with Gasteiger partial charge in [0.25, 0.3) is 5.91 Å². The van der Waals surface area contributed by atoms with E-state index in [4.69, 9.17) is 12.2 Å². The van der Waals surface area contributed by atoms with Crippen LogP contribution >= 0.6 is 35.3 Å². The number of amides is 2. The fourth-order valence-electron chi connectivity index (χ4n) is 1.74. The van der Waals surface area contributed by atoms with Gasteiger partial charge in [-0.25, -0.2) is 0 Å². The molecule has 2 heterocycles. The van der Waals surface area contributed by atoms with E-state index in [9.17, 15) is 9.59 Å². The lowest BCUT2D eigenvalue weighted by Crippen LogP contribution is -2.39. The number of hydrogen-bond acceptors (Lipinski definition) is 5. The SMILES string of the molecule is CCCCNC(=O)CN1C(=O)C(=Cc2cccs2)SC1=S. The number of carbonyl (C=O) groups is 2. The van der Waals surface area contributed by atoms with E-state index >= 15 is 0 Å². The first-order valence-corrected chi connectivity index (χ1v) is 8.78. The molecule has 0 bridgehead atoms. The van der Waals surface area contributed by atoms with Crippen LogP contribution in [0.2, 0.25) is 0 Å². The van der Waals surface area contributed by atoms with Crippen molar-refractivity contribution in [3.8, 4) is 0 Å². The molecule has 1 N–H and O–H groups in total. The molecule has 0 unspecified atom stereocenters. The van der Waals surface area contributed by atoms with E-state index in [1.165, 1.54) is 16.7 Å². The van der Waals surface area contributed by atoms with Crippen molar-refractivity contribution in [1.82, 2.24) is 10.2 Å². The minimum Gasteiger partial charge on any atom is -0.355 e. The molecule has 0 aromatic carbocycles. The van der Waals surface area contributed by atoms with Gasteiger partial charge in [0.2, 0.25) is 5.91 Å². The van der Waals surface area contributed by atoms with Gasteiger partial charge in [-0.1, -0.05) is 43.4 Å². The zero-order valence-electron chi connectivity index (χ0n) is 11.6.